The smallest absolute Gasteiger partial charge is 0.417 e. The van der Waals surface area contributed by atoms with E-state index in [0.29, 0.717) is 51.4 Å². The third-order valence-electron chi connectivity index (χ3n) is 17.3. The molecule has 0 saturated carbocycles. The van der Waals surface area contributed by atoms with Crippen LogP contribution < -0.4 is 0 Å². The van der Waals surface area contributed by atoms with Crippen LogP contribution in [0.15, 0.2) is 90.1 Å². The Bertz CT molecular complexity index is 8030. The Kier molecular flexibility index (Phi) is 114. The number of ether oxygens (including phenoxy) is 2. The van der Waals surface area contributed by atoms with Crippen LogP contribution in [0, 0.1) is 0 Å². The summed E-state index contributed by atoms with van der Waals surface area (Å²) in [6, 6.07) is 18.9. The molecule has 0 bridgehead atoms. The third-order valence-corrected chi connectivity index (χ3v) is 175. The van der Waals surface area contributed by atoms with Gasteiger partial charge in [-0.1, -0.05) is 197 Å². The second-order valence-corrected chi connectivity index (χ2v) is 158. The molecule has 2 saturated heterocycles. The predicted octanol–water partition coefficient (Wildman–Crippen LogP) is 15.2. The molecular weight excluding hydrogens is 3240 g/mol. The largest absolute Gasteiger partial charge is 0.447 e. The van der Waals surface area contributed by atoms with Crippen molar-refractivity contribution in [2.24, 2.45) is 5.11 Å². The summed E-state index contributed by atoms with van der Waals surface area (Å²) >= 11 is 9.65. The van der Waals surface area contributed by atoms with Gasteiger partial charge < -0.3 is 23.4 Å². The first-order chi connectivity index (χ1) is 70.9. The zero-order chi connectivity index (χ0) is 106. The fourth-order valence-electron chi connectivity index (χ4n) is 9.39. The van der Waals surface area contributed by atoms with E-state index in [0.717, 1.165) is 49.7 Å². The highest BCUT2D eigenvalue weighted by atomic mass is 33.5. The summed E-state index contributed by atoms with van der Waals surface area (Å²) in [7, 11) is 118. The Labute approximate surface area is 1060 Å². The number of allylic oxidation sites excluding steroid dienone is 2. The van der Waals surface area contributed by atoms with E-state index in [1.807, 2.05) is 565 Å². The van der Waals surface area contributed by atoms with E-state index >= 15 is 0 Å². The zero-order valence-corrected chi connectivity index (χ0v) is 136. The molecule has 0 aliphatic carbocycles. The number of rotatable bonds is 31. The van der Waals surface area contributed by atoms with Crippen molar-refractivity contribution < 1.29 is 42.6 Å². The second kappa shape index (κ2) is 109. The highest BCUT2D eigenvalue weighted by Crippen LogP contribution is 2.40. The van der Waals surface area contributed by atoms with Crippen LogP contribution in [0.2, 0.25) is 36.3 Å². The number of hydrogen-bond donors (Lipinski definition) is 1. The van der Waals surface area contributed by atoms with Crippen molar-refractivity contribution in [3.8, 4) is 0 Å². The normalized spacial score (nSPS) is 13.1. The van der Waals surface area contributed by atoms with Crippen LogP contribution in [0.3, 0.4) is 0 Å². The van der Waals surface area contributed by atoms with Crippen LogP contribution in [-0.2, 0) is 667 Å². The molecule has 0 unspecified atom stereocenters. The summed E-state index contributed by atoms with van der Waals surface area (Å²) in [6.45, 7) is 26.1. The molecule has 2 aliphatic heterocycles. The lowest BCUT2D eigenvalue weighted by atomic mass is 10.0. The molecule has 1 N–H and O–H groups in total. The van der Waals surface area contributed by atoms with E-state index in [4.69, 9.17) is 46.2 Å². The molecule has 2 heterocycles. The molecule has 2 aromatic carbocycles. The Morgan fingerprint density at radius 2 is 0.610 bits per heavy atom. The quantitative estimate of drug-likeness (QED) is 0.0189. The summed E-state index contributed by atoms with van der Waals surface area (Å²) in [4.78, 5) is 58.5. The Hall–Kier alpha value is 10.8. The number of unbranched alkanes of at least 4 members (excludes halogenated alkanes) is 6. The summed E-state index contributed by atoms with van der Waals surface area (Å²) in [5.41, 5.74) is 11.0. The Morgan fingerprint density at radius 3 is 0.836 bits per heavy atom. The summed E-state index contributed by atoms with van der Waals surface area (Å²) in [5, 5.41) is 14.0. The molecule has 14 nitrogen and oxygen atoms in total. The van der Waals surface area contributed by atoms with Gasteiger partial charge in [0.25, 0.3) is 11.8 Å². The van der Waals surface area contributed by atoms with Gasteiger partial charge in [-0.2, -0.15) is 0 Å². The van der Waals surface area contributed by atoms with Crippen LogP contribution in [0.25, 0.3) is 10.4 Å². The number of azide groups is 1. The van der Waals surface area contributed by atoms with E-state index in [2.05, 4.69) is 91.6 Å². The second-order valence-electron chi connectivity index (χ2n) is 28.4. The van der Waals surface area contributed by atoms with E-state index in [1.54, 1.807) is 107 Å². The van der Waals surface area contributed by atoms with E-state index < -0.39 is 41.0 Å². The molecule has 0 spiro atoms. The number of benzene rings is 2. The van der Waals surface area contributed by atoms with Gasteiger partial charge in [0, 0.05) is 637 Å². The molecule has 0 radical (unpaired) electrons. The molecule has 2 aromatic rings. The molecule has 6 atom stereocenters. The number of hydrogen-bond acceptors (Lipinski definition) is 12. The van der Waals surface area contributed by atoms with Crippen LogP contribution in [0.4, 0.5) is 9.59 Å². The van der Waals surface area contributed by atoms with E-state index in [9.17, 15) is 24.3 Å². The number of aliphatic hydroxyl groups is 1. The van der Waals surface area contributed by atoms with Gasteiger partial charge in [0.15, 0.2) is 16.6 Å². The molecule has 86 heteroatoms. The molecular formula is C60H97N5O9S70Si2. The van der Waals surface area contributed by atoms with Gasteiger partial charge in [-0.15, -0.1) is 0 Å². The van der Waals surface area contributed by atoms with Crippen LogP contribution >= 0.6 is 0 Å². The minimum absolute atomic E-state index is 0.0536. The first kappa shape index (κ1) is 153. The van der Waals surface area contributed by atoms with Gasteiger partial charge in [-0.05, 0) is 117 Å². The first-order valence-corrected chi connectivity index (χ1v) is 138. The first-order valence-electron chi connectivity index (χ1n) is 39.9. The van der Waals surface area contributed by atoms with E-state index in [-0.39, 0.29) is 59.3 Å². The fraction of sp³-hybridized carbons (Fsp3) is 0.667. The summed E-state index contributed by atoms with van der Waals surface area (Å²) < 4.78 is 23.8. The Balaban J connectivity index is 0.000000799. The number of carbonyl (C=O) groups is 4. The van der Waals surface area contributed by atoms with Crippen LogP contribution in [0.5, 0.6) is 0 Å². The minimum Gasteiger partial charge on any atom is -0.447 e. The van der Waals surface area contributed by atoms with Gasteiger partial charge in [0.1, 0.15) is 25.4 Å². The maximum atomic E-state index is 13.8. The lowest BCUT2D eigenvalue weighted by molar-refractivity contribution is -0.138. The van der Waals surface area contributed by atoms with Gasteiger partial charge >= 0.3 is 12.2 Å². The van der Waals surface area contributed by atoms with Crippen molar-refractivity contribution >= 4 is 667 Å². The number of imide groups is 2. The highest BCUT2D eigenvalue weighted by molar-refractivity contribution is 8.84. The molecule has 0 aromatic heterocycles. The predicted molar refractivity (Wildman–Crippen MR) is 826 cm³/mol. The molecule has 146 heavy (non-hydrogen) atoms. The van der Waals surface area contributed by atoms with Crippen molar-refractivity contribution in [2.45, 2.75) is 244 Å². The Morgan fingerprint density at radius 1 is 0.377 bits per heavy atom. The lowest BCUT2D eigenvalue weighted by Gasteiger charge is -2.39. The zero-order valence-electron chi connectivity index (χ0n) is 77.2. The maximum absolute atomic E-state index is 13.8. The SMILES string of the molecule is CCCCCC[C@H](C/C=C/CC[C@@H](O[Si](C)(C)C(C)(C)C)C(=O)N1C(=O)OC[C@H]1Cc1ccccc1)N=[N+]=[N-].CCCCCC[C@H](O)C/C=C/CC[C@@H](O[Si](C)(C)C(C)(C)C)C(=O)N1C(=O)OC[C@H]1Cc1ccccc1.S=S=S=S=S=S=S=S=S=S=S=S=S=S=S=S=S=S=S=S=S=S=S=S=S=S=S=S=S=S=S=S=S=S=S=S=S=S=S=S=S=S=S=S=S=S=S=S=S=S=S=S=S=S=S=S=S=S=S=S=S=S=S=S=S=S=S=S=S=S. The number of aliphatic hydroxyl groups excluding tert-OH is 1. The molecule has 844 valence electrons. The summed E-state index contributed by atoms with van der Waals surface area (Å²) in [6.07, 6.45) is 20.6. The minimum atomic E-state index is -2.30. The lowest BCUT2D eigenvalue weighted by Crippen LogP contribution is -2.52. The fourth-order valence-corrected chi connectivity index (χ4v) is 193. The van der Waals surface area contributed by atoms with Crippen molar-refractivity contribution in [1.82, 2.24) is 9.80 Å². The third kappa shape index (κ3) is 89.1. The average molecular weight is 3330 g/mol. The van der Waals surface area contributed by atoms with E-state index in [1.165, 1.54) is 53.2 Å². The molecule has 4 rings (SSSR count). The highest BCUT2D eigenvalue weighted by Gasteiger charge is 2.47. The van der Waals surface area contributed by atoms with Crippen molar-refractivity contribution in [3.63, 3.8) is 0 Å². The van der Waals surface area contributed by atoms with Crippen LogP contribution in [0.1, 0.15) is 169 Å². The molecule has 2 fully saturated rings. The number of nitrogens with zero attached hydrogens (tertiary/aromatic N) is 5. The van der Waals surface area contributed by atoms with Crippen molar-refractivity contribution in [3.05, 3.63) is 107 Å². The molecule has 2 aliphatic rings. The standard InChI is InChI=1S/C30H48N4O4Si.C30H49NO5Si.S70/c1-7-8-9-14-19-25(32-33-31)20-15-11-16-21-27(38-39(5,6)30(2,3)4)28(35)34-26(23-37-29(34)36)22-24-17-12-10-13-18-24;1-7-8-9-14-19-26(32)20-15-11-16-21-27(36-37(5,6)30(2,3)4)28(33)31-25(23-35-29(31)34)22-24-17-12-10-13-18-24;1-3-5-7-9-11-13-15-17-19-21-23-25-27-29-31-33-35-37-39-41-43-45-47-49-51-53-55-57-59-61-63-65-67-69-70-68-66-64-62-60-58-56-54-52-50-48-46-44-42-40-38-36-34-32-30-28-26-24-22-20-18-16-14-12-10-8-6-4-2/h10-13,15,17-18,25-27H,7-9,14,16,19-23H2,1-6H3;10-13,15,17-18,25-27,32H,7-9,14,16,19-23H2,1-6H3;/b2*15-11+;/t25-,26-,27-;25-,26+,27-;/m11./s1. The van der Waals surface area contributed by atoms with Gasteiger partial charge in [0.2, 0.25) is 0 Å². The van der Waals surface area contributed by atoms with Crippen LogP contribution in [-0.4, -0.2) is 105 Å². The van der Waals surface area contributed by atoms with Crippen molar-refractivity contribution in [1.29, 1.82) is 0 Å². The topological polar surface area (TPSA) is 181 Å². The molecule has 4 amide bonds. The number of amides is 4. The summed E-state index contributed by atoms with van der Waals surface area (Å²) in [5.74, 6) is -0.628. The van der Waals surface area contributed by atoms with Crippen molar-refractivity contribution in [2.75, 3.05) is 13.2 Å². The van der Waals surface area contributed by atoms with Gasteiger partial charge in [-0.3, -0.25) is 9.59 Å². The maximum Gasteiger partial charge on any atom is 0.417 e. The average Bonchev–Trinajstić information content (AvgIpc) is 1.65. The number of carbonyl (C=O) groups excluding carboxylic acids is 4. The monoisotopic (exact) mass is 3330 g/mol. The van der Waals surface area contributed by atoms with Gasteiger partial charge in [-0.25, -0.2) is 19.4 Å². The van der Waals surface area contributed by atoms with Gasteiger partial charge in [0.05, 0.1) is 18.2 Å². The number of cyclic esters (lactones) is 2.